The Morgan fingerprint density at radius 1 is 1.17 bits per heavy atom. The predicted molar refractivity (Wildman–Crippen MR) is 54.3 cm³/mol. The molecule has 0 aliphatic heterocycles. The van der Waals surface area contributed by atoms with Gasteiger partial charge in [-0.2, -0.15) is 0 Å². The Morgan fingerprint density at radius 3 is 2.25 bits per heavy atom. The molecule has 0 N–H and O–H groups in total. The number of nitrogens with zero attached hydrogens (tertiary/aromatic N) is 1. The molecule has 1 fully saturated rings. The fourth-order valence-corrected chi connectivity index (χ4v) is 2.22. The maximum Gasteiger partial charge on any atom is 0.00924 e. The van der Waals surface area contributed by atoms with Crippen molar-refractivity contribution in [2.24, 2.45) is 5.92 Å². The van der Waals surface area contributed by atoms with E-state index in [2.05, 4.69) is 25.8 Å². The normalized spacial score (nSPS) is 31.0. The van der Waals surface area contributed by atoms with Crippen molar-refractivity contribution in [3.63, 3.8) is 0 Å². The van der Waals surface area contributed by atoms with Gasteiger partial charge in [-0.1, -0.05) is 13.8 Å². The molecule has 72 valence electrons. The van der Waals surface area contributed by atoms with Crippen LogP contribution in [-0.4, -0.2) is 24.5 Å². The average molecular weight is 169 g/mol. The zero-order chi connectivity index (χ0) is 8.97. The molecule has 1 aliphatic rings. The molecule has 0 radical (unpaired) electrons. The maximum absolute atomic E-state index is 2.55. The molecule has 0 saturated heterocycles. The first-order chi connectivity index (χ1) is 5.74. The van der Waals surface area contributed by atoms with E-state index in [1.165, 1.54) is 38.6 Å². The lowest BCUT2D eigenvalue weighted by Crippen LogP contribution is -2.35. The lowest BCUT2D eigenvalue weighted by molar-refractivity contribution is 0.170. The van der Waals surface area contributed by atoms with Crippen LogP contribution >= 0.6 is 0 Å². The molecule has 12 heavy (non-hydrogen) atoms. The van der Waals surface area contributed by atoms with E-state index in [-0.39, 0.29) is 0 Å². The van der Waals surface area contributed by atoms with Gasteiger partial charge in [0.1, 0.15) is 0 Å². The van der Waals surface area contributed by atoms with Crippen LogP contribution in [0.15, 0.2) is 0 Å². The minimum Gasteiger partial charge on any atom is -0.303 e. The van der Waals surface area contributed by atoms with Gasteiger partial charge in [0.15, 0.2) is 0 Å². The predicted octanol–water partition coefficient (Wildman–Crippen LogP) is 2.91. The van der Waals surface area contributed by atoms with Crippen LogP contribution in [0.4, 0.5) is 0 Å². The maximum atomic E-state index is 2.55. The summed E-state index contributed by atoms with van der Waals surface area (Å²) in [5.41, 5.74) is 0. The van der Waals surface area contributed by atoms with Crippen LogP contribution in [0.2, 0.25) is 0 Å². The lowest BCUT2D eigenvalue weighted by Gasteiger charge is -2.33. The smallest absolute Gasteiger partial charge is 0.00924 e. The van der Waals surface area contributed by atoms with Gasteiger partial charge < -0.3 is 4.90 Å². The molecule has 0 bridgehead atoms. The van der Waals surface area contributed by atoms with Gasteiger partial charge in [0, 0.05) is 6.04 Å². The third kappa shape index (κ3) is 2.78. The first kappa shape index (κ1) is 10.0. The quantitative estimate of drug-likeness (QED) is 0.628. The molecule has 0 unspecified atom stereocenters. The van der Waals surface area contributed by atoms with Gasteiger partial charge in [-0.05, 0) is 51.6 Å². The summed E-state index contributed by atoms with van der Waals surface area (Å²) in [4.78, 5) is 2.55. The second kappa shape index (κ2) is 4.86. The molecule has 0 aromatic carbocycles. The topological polar surface area (TPSA) is 3.24 Å². The Kier molecular flexibility index (Phi) is 4.07. The zero-order valence-electron chi connectivity index (χ0n) is 8.84. The first-order valence-electron chi connectivity index (χ1n) is 5.44. The largest absolute Gasteiger partial charge is 0.303 e. The first-order valence-corrected chi connectivity index (χ1v) is 5.44. The molecule has 0 heterocycles. The van der Waals surface area contributed by atoms with Crippen molar-refractivity contribution in [1.29, 1.82) is 0 Å². The second-order valence-corrected chi connectivity index (χ2v) is 4.39. The van der Waals surface area contributed by atoms with Crippen LogP contribution in [0, 0.1) is 5.92 Å². The van der Waals surface area contributed by atoms with E-state index in [4.69, 9.17) is 0 Å². The SMILES string of the molecule is CCCN(C)[C@H]1CC[C@H](C)CC1. The Balaban J connectivity index is 2.24. The van der Waals surface area contributed by atoms with Crippen LogP contribution < -0.4 is 0 Å². The van der Waals surface area contributed by atoms with E-state index in [1.54, 1.807) is 0 Å². The Bertz CT molecular complexity index is 114. The third-order valence-corrected chi connectivity index (χ3v) is 3.19. The van der Waals surface area contributed by atoms with Crippen molar-refractivity contribution in [2.75, 3.05) is 13.6 Å². The van der Waals surface area contributed by atoms with Crippen molar-refractivity contribution in [3.05, 3.63) is 0 Å². The van der Waals surface area contributed by atoms with Gasteiger partial charge in [0.25, 0.3) is 0 Å². The van der Waals surface area contributed by atoms with Gasteiger partial charge in [0.05, 0.1) is 0 Å². The molecule has 0 amide bonds. The van der Waals surface area contributed by atoms with Gasteiger partial charge >= 0.3 is 0 Å². The number of hydrogen-bond donors (Lipinski definition) is 0. The van der Waals surface area contributed by atoms with E-state index in [9.17, 15) is 0 Å². The van der Waals surface area contributed by atoms with E-state index in [1.807, 2.05) is 0 Å². The highest BCUT2D eigenvalue weighted by Gasteiger charge is 2.20. The Hall–Kier alpha value is -0.0400. The van der Waals surface area contributed by atoms with Gasteiger partial charge in [-0.3, -0.25) is 0 Å². The summed E-state index contributed by atoms with van der Waals surface area (Å²) in [5.74, 6) is 0.983. The molecule has 1 saturated carbocycles. The van der Waals surface area contributed by atoms with E-state index in [0.717, 1.165) is 12.0 Å². The van der Waals surface area contributed by atoms with Crippen molar-refractivity contribution in [1.82, 2.24) is 4.90 Å². The summed E-state index contributed by atoms with van der Waals surface area (Å²) in [7, 11) is 2.28. The average Bonchev–Trinajstić information content (AvgIpc) is 2.06. The van der Waals surface area contributed by atoms with E-state index in [0.29, 0.717) is 0 Å². The third-order valence-electron chi connectivity index (χ3n) is 3.19. The number of rotatable bonds is 3. The van der Waals surface area contributed by atoms with E-state index >= 15 is 0 Å². The van der Waals surface area contributed by atoms with Crippen molar-refractivity contribution >= 4 is 0 Å². The Morgan fingerprint density at radius 2 is 1.75 bits per heavy atom. The molecular weight excluding hydrogens is 146 g/mol. The minimum atomic E-state index is 0.890. The van der Waals surface area contributed by atoms with Crippen molar-refractivity contribution < 1.29 is 0 Å². The molecule has 1 heteroatoms. The summed E-state index contributed by atoms with van der Waals surface area (Å²) in [6.45, 7) is 5.93. The second-order valence-electron chi connectivity index (χ2n) is 4.39. The summed E-state index contributed by atoms with van der Waals surface area (Å²) >= 11 is 0. The highest BCUT2D eigenvalue weighted by Crippen LogP contribution is 2.26. The van der Waals surface area contributed by atoms with Gasteiger partial charge in [0.2, 0.25) is 0 Å². The standard InChI is InChI=1S/C11H23N/c1-4-9-12(3)11-7-5-10(2)6-8-11/h10-11H,4-9H2,1-3H3/t10-,11-. The van der Waals surface area contributed by atoms with Crippen LogP contribution in [0.3, 0.4) is 0 Å². The minimum absolute atomic E-state index is 0.890. The summed E-state index contributed by atoms with van der Waals surface area (Å²) < 4.78 is 0. The van der Waals surface area contributed by atoms with Crippen LogP contribution in [-0.2, 0) is 0 Å². The fraction of sp³-hybridized carbons (Fsp3) is 1.00. The van der Waals surface area contributed by atoms with Gasteiger partial charge in [-0.15, -0.1) is 0 Å². The van der Waals surface area contributed by atoms with E-state index < -0.39 is 0 Å². The Labute approximate surface area is 77.1 Å². The lowest BCUT2D eigenvalue weighted by atomic mass is 9.87. The molecule has 1 rings (SSSR count). The highest BCUT2D eigenvalue weighted by atomic mass is 15.1. The molecule has 1 aliphatic carbocycles. The number of hydrogen-bond acceptors (Lipinski definition) is 1. The molecule has 0 aromatic heterocycles. The molecule has 0 atom stereocenters. The monoisotopic (exact) mass is 169 g/mol. The molecule has 0 spiro atoms. The van der Waals surface area contributed by atoms with Crippen molar-refractivity contribution in [3.8, 4) is 0 Å². The molecule has 0 aromatic rings. The highest BCUT2D eigenvalue weighted by molar-refractivity contribution is 4.75. The van der Waals surface area contributed by atoms with Crippen LogP contribution in [0.1, 0.15) is 46.0 Å². The van der Waals surface area contributed by atoms with Gasteiger partial charge in [-0.25, -0.2) is 0 Å². The summed E-state index contributed by atoms with van der Waals surface area (Å²) in [6, 6.07) is 0.890. The fourth-order valence-electron chi connectivity index (χ4n) is 2.22. The summed E-state index contributed by atoms with van der Waals surface area (Å²) in [6.07, 6.45) is 7.04. The van der Waals surface area contributed by atoms with Crippen LogP contribution in [0.5, 0.6) is 0 Å². The summed E-state index contributed by atoms with van der Waals surface area (Å²) in [5, 5.41) is 0. The molecular formula is C11H23N. The molecule has 1 nitrogen and oxygen atoms in total. The zero-order valence-corrected chi connectivity index (χ0v) is 8.84. The van der Waals surface area contributed by atoms with Crippen molar-refractivity contribution in [2.45, 2.75) is 52.0 Å². The van der Waals surface area contributed by atoms with Crippen LogP contribution in [0.25, 0.3) is 0 Å².